The molecule has 0 spiro atoms. The first-order valence-electron chi connectivity index (χ1n) is 14.3. The van der Waals surface area contributed by atoms with Gasteiger partial charge in [0.15, 0.2) is 17.7 Å². The fourth-order valence-electron chi connectivity index (χ4n) is 6.19. The van der Waals surface area contributed by atoms with Gasteiger partial charge in [0.05, 0.1) is 24.9 Å². The lowest BCUT2D eigenvalue weighted by Gasteiger charge is -2.30. The summed E-state index contributed by atoms with van der Waals surface area (Å²) in [6, 6.07) is 8.78. The Hall–Kier alpha value is -3.91. The Morgan fingerprint density at radius 2 is 1.81 bits per heavy atom. The first-order chi connectivity index (χ1) is 19.8. The van der Waals surface area contributed by atoms with Gasteiger partial charge in [-0.2, -0.15) is 0 Å². The third-order valence-electron chi connectivity index (χ3n) is 8.03. The molecule has 2 aliphatic heterocycles. The van der Waals surface area contributed by atoms with Crippen LogP contribution in [0.5, 0.6) is 11.5 Å². The molecule has 0 saturated heterocycles. The summed E-state index contributed by atoms with van der Waals surface area (Å²) in [7, 11) is 1.53. The van der Waals surface area contributed by atoms with E-state index in [1.165, 1.54) is 13.2 Å². The van der Waals surface area contributed by atoms with Gasteiger partial charge in [-0.05, 0) is 113 Å². The number of halogens is 1. The monoisotopic (exact) mass is 575 g/mol. The molecule has 7 nitrogen and oxygen atoms in total. The van der Waals surface area contributed by atoms with Gasteiger partial charge in [0.1, 0.15) is 5.75 Å². The SMILES string of the molecule is COc1ccc(C)cc1C(=O)N1CCc2c1cc(C)c(C(OC(C)(C)C)C(=O)O)c2-c1cc(F)c2c(c1C)CCCO2. The second-order valence-corrected chi connectivity index (χ2v) is 12.1. The summed E-state index contributed by atoms with van der Waals surface area (Å²) in [5.74, 6) is -1.09. The van der Waals surface area contributed by atoms with Crippen molar-refractivity contribution in [1.82, 2.24) is 0 Å². The number of carbonyl (C=O) groups is 2. The van der Waals surface area contributed by atoms with Crippen LogP contribution in [0.4, 0.5) is 10.1 Å². The number of anilines is 1. The van der Waals surface area contributed by atoms with E-state index in [0.717, 1.165) is 28.7 Å². The number of nitrogens with zero attached hydrogens (tertiary/aromatic N) is 1. The number of carboxylic acids is 1. The summed E-state index contributed by atoms with van der Waals surface area (Å²) in [5.41, 5.74) is 6.02. The second-order valence-electron chi connectivity index (χ2n) is 12.1. The van der Waals surface area contributed by atoms with Crippen molar-refractivity contribution in [3.8, 4) is 22.6 Å². The number of methoxy groups -OCH3 is 1. The van der Waals surface area contributed by atoms with Crippen LogP contribution in [0.2, 0.25) is 0 Å². The highest BCUT2D eigenvalue weighted by molar-refractivity contribution is 6.10. The lowest BCUT2D eigenvalue weighted by molar-refractivity contribution is -0.160. The molecular weight excluding hydrogens is 537 g/mol. The maximum Gasteiger partial charge on any atom is 0.337 e. The Bertz CT molecular complexity index is 1590. The minimum Gasteiger partial charge on any atom is -0.496 e. The number of hydrogen-bond donors (Lipinski definition) is 1. The Morgan fingerprint density at radius 3 is 2.48 bits per heavy atom. The van der Waals surface area contributed by atoms with E-state index in [0.29, 0.717) is 65.2 Å². The molecule has 0 aromatic heterocycles. The number of amides is 1. The zero-order valence-electron chi connectivity index (χ0n) is 25.3. The van der Waals surface area contributed by atoms with E-state index in [1.807, 2.05) is 59.7 Å². The number of aryl methyl sites for hydroxylation is 2. The number of rotatable bonds is 6. The zero-order chi connectivity index (χ0) is 30.5. The van der Waals surface area contributed by atoms with Gasteiger partial charge in [0, 0.05) is 23.4 Å². The van der Waals surface area contributed by atoms with Crippen LogP contribution in [0.1, 0.15) is 77.0 Å². The molecule has 0 radical (unpaired) electrons. The molecule has 1 amide bonds. The van der Waals surface area contributed by atoms with Crippen LogP contribution in [0.15, 0.2) is 30.3 Å². The average Bonchev–Trinajstić information content (AvgIpc) is 3.35. The van der Waals surface area contributed by atoms with Crippen LogP contribution in [-0.4, -0.2) is 42.8 Å². The average molecular weight is 576 g/mol. The molecule has 1 unspecified atom stereocenters. The van der Waals surface area contributed by atoms with Gasteiger partial charge in [-0.15, -0.1) is 0 Å². The quantitative estimate of drug-likeness (QED) is 0.344. The van der Waals surface area contributed by atoms with E-state index in [-0.39, 0.29) is 11.7 Å². The van der Waals surface area contributed by atoms with Crippen molar-refractivity contribution in [3.63, 3.8) is 0 Å². The molecule has 3 aromatic rings. The second kappa shape index (κ2) is 11.1. The molecule has 2 aliphatic rings. The summed E-state index contributed by atoms with van der Waals surface area (Å²) < 4.78 is 33.0. The van der Waals surface area contributed by atoms with Crippen LogP contribution in [0.25, 0.3) is 11.1 Å². The summed E-state index contributed by atoms with van der Waals surface area (Å²) >= 11 is 0. The highest BCUT2D eigenvalue weighted by Crippen LogP contribution is 2.48. The normalized spacial score (nSPS) is 15.1. The van der Waals surface area contributed by atoms with Crippen LogP contribution in [0.3, 0.4) is 0 Å². The predicted octanol–water partition coefficient (Wildman–Crippen LogP) is 6.90. The van der Waals surface area contributed by atoms with Gasteiger partial charge in [0.25, 0.3) is 5.91 Å². The summed E-state index contributed by atoms with van der Waals surface area (Å²) in [4.78, 5) is 28.4. The van der Waals surface area contributed by atoms with E-state index < -0.39 is 23.5 Å². The first kappa shape index (κ1) is 29.6. The molecule has 5 rings (SSSR count). The van der Waals surface area contributed by atoms with E-state index in [9.17, 15) is 14.7 Å². The highest BCUT2D eigenvalue weighted by Gasteiger charge is 2.37. The first-order valence-corrected chi connectivity index (χ1v) is 14.3. The lowest BCUT2D eigenvalue weighted by Crippen LogP contribution is -2.30. The highest BCUT2D eigenvalue weighted by atomic mass is 19.1. The molecule has 3 aromatic carbocycles. The maximum atomic E-state index is 15.6. The Morgan fingerprint density at radius 1 is 1.07 bits per heavy atom. The van der Waals surface area contributed by atoms with E-state index in [1.54, 1.807) is 11.0 Å². The fourth-order valence-corrected chi connectivity index (χ4v) is 6.19. The van der Waals surface area contributed by atoms with Crippen molar-refractivity contribution >= 4 is 17.6 Å². The third kappa shape index (κ3) is 5.24. The van der Waals surface area contributed by atoms with Crippen molar-refractivity contribution in [2.75, 3.05) is 25.2 Å². The number of aliphatic carboxylic acids is 1. The molecule has 222 valence electrons. The Balaban J connectivity index is 1.78. The molecule has 0 saturated carbocycles. The standard InChI is InChI=1S/C34H38FNO6/c1-18-10-11-27(40-7)24(15-18)32(37)36-13-12-22-26(36)16-19(2)28(31(33(38)39)42-34(4,5)6)29(22)23-17-25(35)30-21(20(23)3)9-8-14-41-30/h10-11,15-17,31H,8-9,12-14H2,1-7H3,(H,38,39). The smallest absolute Gasteiger partial charge is 0.337 e. The molecular formula is C34H38FNO6. The lowest BCUT2D eigenvalue weighted by atomic mass is 9.83. The van der Waals surface area contributed by atoms with Gasteiger partial charge in [-0.25, -0.2) is 9.18 Å². The third-order valence-corrected chi connectivity index (χ3v) is 8.03. The molecule has 0 fully saturated rings. The molecule has 8 heteroatoms. The van der Waals surface area contributed by atoms with Crippen LogP contribution >= 0.6 is 0 Å². The summed E-state index contributed by atoms with van der Waals surface area (Å²) in [5, 5.41) is 10.4. The molecule has 1 N–H and O–H groups in total. The van der Waals surface area contributed by atoms with Gasteiger partial charge >= 0.3 is 5.97 Å². The number of ether oxygens (including phenoxy) is 3. The van der Waals surface area contributed by atoms with Gasteiger partial charge in [-0.3, -0.25) is 4.79 Å². The number of carbonyl (C=O) groups excluding carboxylic acids is 1. The molecule has 2 heterocycles. The summed E-state index contributed by atoms with van der Waals surface area (Å²) in [6.07, 6.45) is 0.588. The molecule has 42 heavy (non-hydrogen) atoms. The maximum absolute atomic E-state index is 15.6. The van der Waals surface area contributed by atoms with Crippen molar-refractivity contribution in [2.45, 2.75) is 72.5 Å². The molecule has 0 bridgehead atoms. The number of fused-ring (bicyclic) bond motifs is 2. The predicted molar refractivity (Wildman–Crippen MR) is 159 cm³/mol. The van der Waals surface area contributed by atoms with Crippen molar-refractivity contribution in [3.05, 3.63) is 75.1 Å². The van der Waals surface area contributed by atoms with E-state index >= 15 is 4.39 Å². The topological polar surface area (TPSA) is 85.3 Å². The Kier molecular flexibility index (Phi) is 7.79. The fraction of sp³-hybridized carbons (Fsp3) is 0.412. The number of benzene rings is 3. The Labute approximate surface area is 246 Å². The van der Waals surface area contributed by atoms with E-state index in [4.69, 9.17) is 14.2 Å². The minimum atomic E-state index is -1.30. The van der Waals surface area contributed by atoms with Crippen molar-refractivity contribution < 1.29 is 33.3 Å². The number of hydrogen-bond acceptors (Lipinski definition) is 5. The van der Waals surface area contributed by atoms with Gasteiger partial charge in [0.2, 0.25) is 0 Å². The summed E-state index contributed by atoms with van der Waals surface area (Å²) in [6.45, 7) is 11.9. The van der Waals surface area contributed by atoms with Gasteiger partial charge in [-0.1, -0.05) is 11.6 Å². The van der Waals surface area contributed by atoms with Crippen LogP contribution in [-0.2, 0) is 22.4 Å². The van der Waals surface area contributed by atoms with Gasteiger partial charge < -0.3 is 24.2 Å². The zero-order valence-corrected chi connectivity index (χ0v) is 25.3. The van der Waals surface area contributed by atoms with Crippen LogP contribution in [0, 0.1) is 26.6 Å². The minimum absolute atomic E-state index is 0.213. The van der Waals surface area contributed by atoms with Crippen LogP contribution < -0.4 is 14.4 Å². The number of carboxylic acid groups (broad SMARTS) is 1. The van der Waals surface area contributed by atoms with E-state index in [2.05, 4.69) is 0 Å². The largest absolute Gasteiger partial charge is 0.496 e. The molecule has 1 atom stereocenters. The van der Waals surface area contributed by atoms with Crippen molar-refractivity contribution in [1.29, 1.82) is 0 Å². The van der Waals surface area contributed by atoms with Crippen molar-refractivity contribution in [2.24, 2.45) is 0 Å². The molecule has 0 aliphatic carbocycles.